The Kier molecular flexibility index (Phi) is 10.3. The first-order valence-corrected chi connectivity index (χ1v) is 12.8. The zero-order valence-electron chi connectivity index (χ0n) is 20.6. The zero-order valence-corrected chi connectivity index (χ0v) is 22.2. The van der Waals surface area contributed by atoms with Crippen LogP contribution in [-0.4, -0.2) is 34.4 Å². The minimum atomic E-state index is -0.252. The summed E-state index contributed by atoms with van der Waals surface area (Å²) in [6, 6.07) is 13.2. The number of ether oxygens (including phenoxy) is 2. The van der Waals surface area contributed by atoms with Crippen molar-refractivity contribution < 1.29 is 14.3 Å². The van der Waals surface area contributed by atoms with Gasteiger partial charge in [0.2, 0.25) is 0 Å². The summed E-state index contributed by atoms with van der Waals surface area (Å²) >= 11 is 7.24. The van der Waals surface area contributed by atoms with Crippen molar-refractivity contribution >= 4 is 35.5 Å². The summed E-state index contributed by atoms with van der Waals surface area (Å²) in [4.78, 5) is 20.9. The highest BCUT2D eigenvalue weighted by atomic mass is 35.5. The Hall–Kier alpha value is -3.36. The first-order valence-electron chi connectivity index (χ1n) is 11.4. The molecule has 7 nitrogen and oxygen atoms in total. The Labute approximate surface area is 221 Å². The lowest BCUT2D eigenvalue weighted by Crippen LogP contribution is -2.19. The van der Waals surface area contributed by atoms with Gasteiger partial charge in [-0.25, -0.2) is 15.4 Å². The molecule has 2 aromatic carbocycles. The monoisotopic (exact) mass is 524 g/mol. The van der Waals surface area contributed by atoms with Crippen LogP contribution in [0.4, 0.5) is 0 Å². The van der Waals surface area contributed by atoms with Crippen LogP contribution in [0.2, 0.25) is 5.02 Å². The maximum atomic E-state index is 12.2. The van der Waals surface area contributed by atoms with E-state index in [1.165, 1.54) is 11.8 Å². The molecular formula is C27H29ClN4O3S. The van der Waals surface area contributed by atoms with E-state index in [0.717, 1.165) is 28.1 Å². The van der Waals surface area contributed by atoms with Crippen molar-refractivity contribution in [3.05, 3.63) is 88.2 Å². The van der Waals surface area contributed by atoms with Crippen molar-refractivity contribution in [2.45, 2.75) is 39.0 Å². The molecule has 36 heavy (non-hydrogen) atoms. The van der Waals surface area contributed by atoms with Gasteiger partial charge in [-0.3, -0.25) is 4.79 Å². The van der Waals surface area contributed by atoms with Gasteiger partial charge in [0.25, 0.3) is 5.91 Å². The van der Waals surface area contributed by atoms with Crippen molar-refractivity contribution in [2.24, 2.45) is 5.10 Å². The molecule has 3 aromatic rings. The molecule has 0 atom stereocenters. The smallest absolute Gasteiger partial charge is 0.250 e. The molecule has 0 fully saturated rings. The maximum absolute atomic E-state index is 12.2. The lowest BCUT2D eigenvalue weighted by molar-refractivity contribution is -0.118. The van der Waals surface area contributed by atoms with Crippen molar-refractivity contribution in [3.8, 4) is 11.5 Å². The normalized spacial score (nSPS) is 10.9. The third kappa shape index (κ3) is 8.39. The topological polar surface area (TPSA) is 85.7 Å². The van der Waals surface area contributed by atoms with Crippen LogP contribution < -0.4 is 14.9 Å². The molecule has 0 saturated heterocycles. The fraction of sp³-hybridized carbons (Fsp3) is 0.259. The molecule has 1 amide bonds. The number of halogens is 1. The van der Waals surface area contributed by atoms with E-state index >= 15 is 0 Å². The number of aromatic nitrogens is 2. The Balaban J connectivity index is 1.68. The summed E-state index contributed by atoms with van der Waals surface area (Å²) in [5.41, 5.74) is 6.94. The Morgan fingerprint density at radius 3 is 2.53 bits per heavy atom. The van der Waals surface area contributed by atoms with Gasteiger partial charge in [-0.2, -0.15) is 5.10 Å². The molecule has 1 heterocycles. The Bertz CT molecular complexity index is 1210. The van der Waals surface area contributed by atoms with E-state index in [-0.39, 0.29) is 11.7 Å². The van der Waals surface area contributed by atoms with Gasteiger partial charge in [-0.1, -0.05) is 41.6 Å². The van der Waals surface area contributed by atoms with Gasteiger partial charge in [-0.05, 0) is 68.7 Å². The summed E-state index contributed by atoms with van der Waals surface area (Å²) in [5, 5.41) is 5.35. The predicted octanol–water partition coefficient (Wildman–Crippen LogP) is 5.70. The molecule has 0 aliphatic heterocycles. The number of amides is 1. The fourth-order valence-electron chi connectivity index (χ4n) is 3.33. The minimum absolute atomic E-state index is 0.156. The molecule has 0 spiro atoms. The second-order valence-electron chi connectivity index (χ2n) is 7.86. The molecule has 9 heteroatoms. The van der Waals surface area contributed by atoms with Gasteiger partial charge >= 0.3 is 0 Å². The molecule has 0 unspecified atom stereocenters. The summed E-state index contributed by atoms with van der Waals surface area (Å²) in [6.45, 7) is 10.4. The van der Waals surface area contributed by atoms with E-state index in [4.69, 9.17) is 21.1 Å². The third-order valence-corrected chi connectivity index (χ3v) is 5.91. The van der Waals surface area contributed by atoms with Crippen LogP contribution in [0.3, 0.4) is 0 Å². The molecule has 1 aromatic heterocycles. The Morgan fingerprint density at radius 2 is 1.86 bits per heavy atom. The zero-order chi connectivity index (χ0) is 25.9. The average Bonchev–Trinajstić information content (AvgIpc) is 2.83. The largest absolute Gasteiger partial charge is 0.490 e. The van der Waals surface area contributed by atoms with Crippen molar-refractivity contribution in [1.82, 2.24) is 15.4 Å². The van der Waals surface area contributed by atoms with Gasteiger partial charge in [-0.15, -0.1) is 6.58 Å². The number of nitrogens with one attached hydrogen (secondary N) is 1. The molecule has 0 bridgehead atoms. The highest BCUT2D eigenvalue weighted by molar-refractivity contribution is 7.99. The van der Waals surface area contributed by atoms with Crippen molar-refractivity contribution in [1.29, 1.82) is 0 Å². The van der Waals surface area contributed by atoms with E-state index in [1.54, 1.807) is 12.3 Å². The van der Waals surface area contributed by atoms with Crippen molar-refractivity contribution in [2.75, 3.05) is 12.4 Å². The van der Waals surface area contributed by atoms with E-state index < -0.39 is 0 Å². The molecular weight excluding hydrogens is 496 g/mol. The van der Waals surface area contributed by atoms with E-state index in [2.05, 4.69) is 27.1 Å². The fourth-order valence-corrected chi connectivity index (χ4v) is 4.20. The standard InChI is InChI=1S/C27H29ClN4O3S/c1-5-7-22-13-21(15-29-32-25(33)17-36-27-30-18(3)12-19(4)31-27)14-24(34-6-2)26(22)35-16-20-8-10-23(28)11-9-20/h5,8-15H,1,6-7,16-17H2,2-4H3,(H,32,33)/b29-15-. The number of carbonyl (C=O) groups excluding carboxylic acids is 1. The van der Waals surface area contributed by atoms with Crippen LogP contribution in [-0.2, 0) is 17.8 Å². The molecule has 0 aliphatic carbocycles. The second kappa shape index (κ2) is 13.7. The van der Waals surface area contributed by atoms with Gasteiger partial charge in [0.15, 0.2) is 16.7 Å². The van der Waals surface area contributed by atoms with Gasteiger partial charge in [0.05, 0.1) is 18.6 Å². The molecule has 0 saturated carbocycles. The number of thioether (sulfide) groups is 1. The van der Waals surface area contributed by atoms with Crippen LogP contribution in [0, 0.1) is 13.8 Å². The highest BCUT2D eigenvalue weighted by Gasteiger charge is 2.13. The number of rotatable bonds is 12. The van der Waals surface area contributed by atoms with Crippen LogP contribution in [0.15, 0.2) is 65.4 Å². The summed E-state index contributed by atoms with van der Waals surface area (Å²) in [7, 11) is 0. The van der Waals surface area contributed by atoms with Gasteiger partial charge in [0, 0.05) is 22.0 Å². The van der Waals surface area contributed by atoms with Crippen LogP contribution in [0.25, 0.3) is 0 Å². The SMILES string of the molecule is C=CCc1cc(/C=N\NC(=O)CSc2nc(C)cc(C)n2)cc(OCC)c1OCc1ccc(Cl)cc1. The van der Waals surface area contributed by atoms with Crippen molar-refractivity contribution in [3.63, 3.8) is 0 Å². The number of allylic oxidation sites excluding steroid dienone is 1. The summed E-state index contributed by atoms with van der Waals surface area (Å²) < 4.78 is 12.0. The molecule has 0 radical (unpaired) electrons. The number of carbonyl (C=O) groups is 1. The highest BCUT2D eigenvalue weighted by Crippen LogP contribution is 2.34. The average molecular weight is 525 g/mol. The van der Waals surface area contributed by atoms with Gasteiger partial charge in [0.1, 0.15) is 6.61 Å². The molecule has 188 valence electrons. The number of hydrogen-bond donors (Lipinski definition) is 1. The molecule has 1 N–H and O–H groups in total. The lowest BCUT2D eigenvalue weighted by atomic mass is 10.1. The second-order valence-corrected chi connectivity index (χ2v) is 9.24. The van der Waals surface area contributed by atoms with Crippen LogP contribution in [0.1, 0.15) is 35.0 Å². The molecule has 0 aliphatic rings. The molecule has 3 rings (SSSR count). The maximum Gasteiger partial charge on any atom is 0.250 e. The van der Waals surface area contributed by atoms with Crippen LogP contribution >= 0.6 is 23.4 Å². The van der Waals surface area contributed by atoms with Crippen LogP contribution in [0.5, 0.6) is 11.5 Å². The number of hydrogen-bond acceptors (Lipinski definition) is 7. The summed E-state index contributed by atoms with van der Waals surface area (Å²) in [5.74, 6) is 1.15. The lowest BCUT2D eigenvalue weighted by Gasteiger charge is -2.17. The Morgan fingerprint density at radius 1 is 1.14 bits per heavy atom. The third-order valence-electron chi connectivity index (χ3n) is 4.81. The first-order chi connectivity index (χ1) is 17.4. The predicted molar refractivity (Wildman–Crippen MR) is 145 cm³/mol. The number of benzene rings is 2. The van der Waals surface area contributed by atoms with E-state index in [1.807, 2.05) is 63.2 Å². The minimum Gasteiger partial charge on any atom is -0.490 e. The van der Waals surface area contributed by atoms with E-state index in [0.29, 0.717) is 41.3 Å². The quantitative estimate of drug-likeness (QED) is 0.108. The number of nitrogens with zero attached hydrogens (tertiary/aromatic N) is 3. The van der Waals surface area contributed by atoms with Gasteiger partial charge < -0.3 is 9.47 Å². The summed E-state index contributed by atoms with van der Waals surface area (Å²) in [6.07, 6.45) is 3.96. The first kappa shape index (κ1) is 27.2. The number of hydrazone groups is 1. The van der Waals surface area contributed by atoms with E-state index in [9.17, 15) is 4.79 Å². The number of aryl methyl sites for hydroxylation is 2.